The highest BCUT2D eigenvalue weighted by Gasteiger charge is 2.15. The van der Waals surface area contributed by atoms with Gasteiger partial charge in [0.1, 0.15) is 28.8 Å². The van der Waals surface area contributed by atoms with E-state index in [1.165, 1.54) is 13.2 Å². The summed E-state index contributed by atoms with van der Waals surface area (Å²) in [5.74, 6) is -1.01. The molecule has 0 radical (unpaired) electrons. The first-order chi connectivity index (χ1) is 12.5. The largest absolute Gasteiger partial charge is 0.497 e. The van der Waals surface area contributed by atoms with Crippen LogP contribution in [0.4, 0.5) is 14.5 Å². The summed E-state index contributed by atoms with van der Waals surface area (Å²) in [6, 6.07) is 9.45. The molecule has 0 aliphatic carbocycles. The number of ether oxygens (including phenoxy) is 2. The van der Waals surface area contributed by atoms with E-state index in [1.54, 1.807) is 25.3 Å². The molecule has 1 heterocycles. The number of amides is 1. The average molecular weight is 359 g/mol. The lowest BCUT2D eigenvalue weighted by atomic mass is 10.1. The zero-order chi connectivity index (χ0) is 18.7. The molecule has 0 aliphatic heterocycles. The standard InChI is InChI=1S/C18H15F2N3O3/c1-25-13-3-4-14(17(8-13)26-2)15-9-16(23-22-15)18(24)21-12-6-10(19)5-11(20)7-12/h3-9H,1-2H3,(H,21,24)(H,22,23). The number of aromatic amines is 1. The van der Waals surface area contributed by atoms with Gasteiger partial charge in [0.25, 0.3) is 5.91 Å². The van der Waals surface area contributed by atoms with Crippen LogP contribution in [0.5, 0.6) is 11.5 Å². The zero-order valence-corrected chi connectivity index (χ0v) is 14.0. The second kappa shape index (κ2) is 7.22. The van der Waals surface area contributed by atoms with Crippen LogP contribution in [0, 0.1) is 11.6 Å². The smallest absolute Gasteiger partial charge is 0.273 e. The van der Waals surface area contributed by atoms with Crippen molar-refractivity contribution in [3.8, 4) is 22.8 Å². The van der Waals surface area contributed by atoms with Gasteiger partial charge in [-0.05, 0) is 30.3 Å². The number of carbonyl (C=O) groups is 1. The van der Waals surface area contributed by atoms with Crippen molar-refractivity contribution in [2.45, 2.75) is 0 Å². The van der Waals surface area contributed by atoms with Crippen molar-refractivity contribution in [2.24, 2.45) is 0 Å². The lowest BCUT2D eigenvalue weighted by Gasteiger charge is -2.08. The fourth-order valence-corrected chi connectivity index (χ4v) is 2.41. The van der Waals surface area contributed by atoms with Crippen LogP contribution in [-0.2, 0) is 0 Å². The van der Waals surface area contributed by atoms with E-state index in [2.05, 4.69) is 15.5 Å². The summed E-state index contributed by atoms with van der Waals surface area (Å²) < 4.78 is 36.9. The number of benzene rings is 2. The number of aromatic nitrogens is 2. The first-order valence-electron chi connectivity index (χ1n) is 7.55. The first-order valence-corrected chi connectivity index (χ1v) is 7.55. The maximum Gasteiger partial charge on any atom is 0.273 e. The van der Waals surface area contributed by atoms with Crippen molar-refractivity contribution in [1.29, 1.82) is 0 Å². The fourth-order valence-electron chi connectivity index (χ4n) is 2.41. The summed E-state index contributed by atoms with van der Waals surface area (Å²) in [5, 5.41) is 9.10. The van der Waals surface area contributed by atoms with E-state index in [0.29, 0.717) is 22.8 Å². The van der Waals surface area contributed by atoms with Gasteiger partial charge in [-0.25, -0.2) is 8.78 Å². The Balaban J connectivity index is 1.84. The van der Waals surface area contributed by atoms with E-state index in [4.69, 9.17) is 9.47 Å². The van der Waals surface area contributed by atoms with Crippen molar-refractivity contribution in [3.05, 3.63) is 59.8 Å². The number of hydrogen-bond donors (Lipinski definition) is 2. The summed E-state index contributed by atoms with van der Waals surface area (Å²) in [6.07, 6.45) is 0. The number of H-pyrrole nitrogens is 1. The number of carbonyl (C=O) groups excluding carboxylic acids is 1. The summed E-state index contributed by atoms with van der Waals surface area (Å²) in [4.78, 5) is 12.3. The van der Waals surface area contributed by atoms with Crippen LogP contribution in [-0.4, -0.2) is 30.3 Å². The highest BCUT2D eigenvalue weighted by Crippen LogP contribution is 2.32. The molecule has 3 aromatic rings. The fraction of sp³-hybridized carbons (Fsp3) is 0.111. The lowest BCUT2D eigenvalue weighted by Crippen LogP contribution is -2.12. The molecule has 8 heteroatoms. The van der Waals surface area contributed by atoms with E-state index in [-0.39, 0.29) is 11.4 Å². The third-order valence-corrected chi connectivity index (χ3v) is 3.63. The molecule has 1 amide bonds. The summed E-state index contributed by atoms with van der Waals surface area (Å²) >= 11 is 0. The molecule has 0 unspecified atom stereocenters. The van der Waals surface area contributed by atoms with Crippen molar-refractivity contribution in [1.82, 2.24) is 10.2 Å². The van der Waals surface area contributed by atoms with E-state index < -0.39 is 17.5 Å². The molecule has 0 fully saturated rings. The minimum atomic E-state index is -0.784. The Bertz CT molecular complexity index is 936. The van der Waals surface area contributed by atoms with Gasteiger partial charge in [0, 0.05) is 23.4 Å². The number of halogens is 2. The normalized spacial score (nSPS) is 10.5. The first kappa shape index (κ1) is 17.4. The number of rotatable bonds is 5. The van der Waals surface area contributed by atoms with Gasteiger partial charge in [-0.2, -0.15) is 5.10 Å². The second-order valence-corrected chi connectivity index (χ2v) is 5.35. The maximum atomic E-state index is 13.2. The molecule has 0 aliphatic rings. The predicted octanol–water partition coefficient (Wildman–Crippen LogP) is 3.62. The van der Waals surface area contributed by atoms with Gasteiger partial charge in [0.15, 0.2) is 0 Å². The predicted molar refractivity (Wildman–Crippen MR) is 91.4 cm³/mol. The molecule has 1 aromatic heterocycles. The Morgan fingerprint density at radius 3 is 2.42 bits per heavy atom. The molecular weight excluding hydrogens is 344 g/mol. The second-order valence-electron chi connectivity index (χ2n) is 5.35. The Labute approximate surface area is 147 Å². The van der Waals surface area contributed by atoms with E-state index in [0.717, 1.165) is 18.2 Å². The Hall–Kier alpha value is -3.42. The topological polar surface area (TPSA) is 76.2 Å². The molecule has 0 saturated heterocycles. The van der Waals surface area contributed by atoms with Gasteiger partial charge in [0.05, 0.1) is 19.9 Å². The highest BCUT2D eigenvalue weighted by molar-refractivity contribution is 6.03. The van der Waals surface area contributed by atoms with E-state index in [9.17, 15) is 13.6 Å². The molecule has 134 valence electrons. The van der Waals surface area contributed by atoms with Crippen LogP contribution in [0.2, 0.25) is 0 Å². The summed E-state index contributed by atoms with van der Waals surface area (Å²) in [7, 11) is 3.05. The average Bonchev–Trinajstić information content (AvgIpc) is 3.10. The van der Waals surface area contributed by atoms with E-state index in [1.807, 2.05) is 0 Å². The third-order valence-electron chi connectivity index (χ3n) is 3.63. The van der Waals surface area contributed by atoms with Crippen molar-refractivity contribution < 1.29 is 23.0 Å². The number of hydrogen-bond acceptors (Lipinski definition) is 4. The minimum absolute atomic E-state index is 0.00526. The Morgan fingerprint density at radius 2 is 1.77 bits per heavy atom. The van der Waals surface area contributed by atoms with Crippen LogP contribution < -0.4 is 14.8 Å². The van der Waals surface area contributed by atoms with Gasteiger partial charge >= 0.3 is 0 Å². The molecule has 0 atom stereocenters. The highest BCUT2D eigenvalue weighted by atomic mass is 19.1. The number of anilines is 1. The number of nitrogens with zero attached hydrogens (tertiary/aromatic N) is 1. The molecule has 0 saturated carbocycles. The van der Waals surface area contributed by atoms with Crippen molar-refractivity contribution >= 4 is 11.6 Å². The van der Waals surface area contributed by atoms with Crippen LogP contribution >= 0.6 is 0 Å². The lowest BCUT2D eigenvalue weighted by molar-refractivity contribution is 0.102. The Morgan fingerprint density at radius 1 is 1.04 bits per heavy atom. The quantitative estimate of drug-likeness (QED) is 0.729. The molecule has 26 heavy (non-hydrogen) atoms. The molecule has 6 nitrogen and oxygen atoms in total. The van der Waals surface area contributed by atoms with E-state index >= 15 is 0 Å². The van der Waals surface area contributed by atoms with Crippen molar-refractivity contribution in [2.75, 3.05) is 19.5 Å². The molecule has 0 bridgehead atoms. The van der Waals surface area contributed by atoms with Gasteiger partial charge in [-0.15, -0.1) is 0 Å². The molecule has 2 aromatic carbocycles. The third kappa shape index (κ3) is 3.64. The monoisotopic (exact) mass is 359 g/mol. The molecule has 0 spiro atoms. The van der Waals surface area contributed by atoms with Crippen LogP contribution in [0.1, 0.15) is 10.5 Å². The summed E-state index contributed by atoms with van der Waals surface area (Å²) in [6.45, 7) is 0. The molecular formula is C18H15F2N3O3. The van der Waals surface area contributed by atoms with Gasteiger partial charge in [0.2, 0.25) is 0 Å². The zero-order valence-electron chi connectivity index (χ0n) is 14.0. The van der Waals surface area contributed by atoms with Crippen LogP contribution in [0.25, 0.3) is 11.3 Å². The SMILES string of the molecule is COc1ccc(-c2cc(C(=O)Nc3cc(F)cc(F)c3)[nH]n2)c(OC)c1. The Kier molecular flexibility index (Phi) is 4.83. The molecule has 3 rings (SSSR count). The molecule has 2 N–H and O–H groups in total. The van der Waals surface area contributed by atoms with Crippen LogP contribution in [0.15, 0.2) is 42.5 Å². The van der Waals surface area contributed by atoms with Crippen molar-refractivity contribution in [3.63, 3.8) is 0 Å². The number of nitrogens with one attached hydrogen (secondary N) is 2. The van der Waals surface area contributed by atoms with Gasteiger partial charge in [-0.1, -0.05) is 0 Å². The minimum Gasteiger partial charge on any atom is -0.497 e. The summed E-state index contributed by atoms with van der Waals surface area (Å²) in [5.41, 5.74) is 1.26. The van der Waals surface area contributed by atoms with Crippen LogP contribution in [0.3, 0.4) is 0 Å². The number of methoxy groups -OCH3 is 2. The van der Waals surface area contributed by atoms with Gasteiger partial charge in [-0.3, -0.25) is 9.89 Å². The van der Waals surface area contributed by atoms with Gasteiger partial charge < -0.3 is 14.8 Å². The maximum absolute atomic E-state index is 13.2.